The first-order valence-corrected chi connectivity index (χ1v) is 4.99. The molecule has 0 bridgehead atoms. The van der Waals surface area contributed by atoms with Crippen molar-refractivity contribution in [3.63, 3.8) is 0 Å². The van der Waals surface area contributed by atoms with Crippen molar-refractivity contribution in [1.29, 1.82) is 0 Å². The highest BCUT2D eigenvalue weighted by Crippen LogP contribution is 1.82. The minimum absolute atomic E-state index is 0.364. The van der Waals surface area contributed by atoms with E-state index in [1.165, 1.54) is 6.42 Å². The molecule has 0 spiro atoms. The third-order valence-electron chi connectivity index (χ3n) is 0.684. The maximum atomic E-state index is 9.70. The molecule has 0 aliphatic carbocycles. The van der Waals surface area contributed by atoms with Crippen molar-refractivity contribution in [2.45, 2.75) is 19.4 Å². The van der Waals surface area contributed by atoms with Gasteiger partial charge in [0.1, 0.15) is 0 Å². The van der Waals surface area contributed by atoms with Crippen molar-refractivity contribution in [3.05, 3.63) is 0 Å². The molecule has 0 radical (unpaired) electrons. The summed E-state index contributed by atoms with van der Waals surface area (Å²) in [5, 5.41) is 0. The van der Waals surface area contributed by atoms with Gasteiger partial charge in [-0.05, 0) is 6.04 Å². The molecular formula is C3H10O2Si2. The van der Waals surface area contributed by atoms with Gasteiger partial charge in [-0.3, -0.25) is 0 Å². The van der Waals surface area contributed by atoms with Crippen LogP contribution in [-0.2, 0) is 8.58 Å². The molecule has 0 aromatic rings. The molecule has 0 rings (SSSR count). The Morgan fingerprint density at radius 1 is 1.86 bits per heavy atom. The SMILES string of the molecule is CCC[SiH2]O[SiH]=O. The van der Waals surface area contributed by atoms with Gasteiger partial charge in [0.2, 0.25) is 9.76 Å². The summed E-state index contributed by atoms with van der Waals surface area (Å²) in [7, 11) is -1.27. The Morgan fingerprint density at radius 3 is 3.00 bits per heavy atom. The fraction of sp³-hybridized carbons (Fsp3) is 1.00. The van der Waals surface area contributed by atoms with Crippen LogP contribution in [0.1, 0.15) is 13.3 Å². The van der Waals surface area contributed by atoms with Gasteiger partial charge in [-0.2, -0.15) is 0 Å². The van der Waals surface area contributed by atoms with Crippen molar-refractivity contribution in [3.8, 4) is 0 Å². The predicted octanol–water partition coefficient (Wildman–Crippen LogP) is -0.388. The van der Waals surface area contributed by atoms with E-state index in [1.807, 2.05) is 0 Å². The van der Waals surface area contributed by atoms with Crippen LogP contribution in [0.4, 0.5) is 0 Å². The third kappa shape index (κ3) is 6.03. The maximum Gasteiger partial charge on any atom is 0.472 e. The van der Waals surface area contributed by atoms with E-state index >= 15 is 0 Å². The average Bonchev–Trinajstić information content (AvgIpc) is 1.69. The summed E-state index contributed by atoms with van der Waals surface area (Å²) in [6.07, 6.45) is 1.17. The summed E-state index contributed by atoms with van der Waals surface area (Å²) in [5.74, 6) is 0. The second kappa shape index (κ2) is 6.03. The molecule has 0 saturated heterocycles. The first kappa shape index (κ1) is 7.03. The fourth-order valence-corrected chi connectivity index (χ4v) is 1.62. The average molecular weight is 134 g/mol. The maximum absolute atomic E-state index is 9.70. The molecule has 0 atom stereocenters. The molecule has 0 aromatic carbocycles. The summed E-state index contributed by atoms with van der Waals surface area (Å²) in [4.78, 5) is 0. The molecule has 0 amide bonds. The highest BCUT2D eigenvalue weighted by atomic mass is 28.3. The summed E-state index contributed by atoms with van der Waals surface area (Å²) in [5.41, 5.74) is 0. The fourth-order valence-electron chi connectivity index (χ4n) is 0.276. The first-order chi connectivity index (χ1) is 3.41. The van der Waals surface area contributed by atoms with Crippen LogP contribution >= 0.6 is 0 Å². The normalized spacial score (nSPS) is 9.86. The quantitative estimate of drug-likeness (QED) is 0.387. The molecule has 0 aromatic heterocycles. The van der Waals surface area contributed by atoms with Crippen molar-refractivity contribution in [2.75, 3.05) is 0 Å². The van der Waals surface area contributed by atoms with Crippen molar-refractivity contribution >= 4 is 19.4 Å². The molecule has 0 aliphatic rings. The largest absolute Gasteiger partial charge is 0.585 e. The van der Waals surface area contributed by atoms with Crippen LogP contribution in [-0.4, -0.2) is 19.4 Å². The van der Waals surface area contributed by atoms with Gasteiger partial charge < -0.3 is 8.58 Å². The summed E-state index contributed by atoms with van der Waals surface area (Å²) in [6.45, 7) is 2.11. The molecule has 0 saturated carbocycles. The van der Waals surface area contributed by atoms with E-state index in [-0.39, 0.29) is 9.76 Å². The Bertz CT molecular complexity index is 48.2. The molecular weight excluding hydrogens is 124 g/mol. The molecule has 42 valence electrons. The minimum Gasteiger partial charge on any atom is -0.585 e. The van der Waals surface area contributed by atoms with Gasteiger partial charge in [-0.25, -0.2) is 0 Å². The van der Waals surface area contributed by atoms with Crippen molar-refractivity contribution < 1.29 is 8.58 Å². The smallest absolute Gasteiger partial charge is 0.472 e. The van der Waals surface area contributed by atoms with Gasteiger partial charge in [0, 0.05) is 0 Å². The van der Waals surface area contributed by atoms with Gasteiger partial charge in [-0.1, -0.05) is 13.3 Å². The molecule has 0 unspecified atom stereocenters. The van der Waals surface area contributed by atoms with Crippen LogP contribution in [0.25, 0.3) is 0 Å². The standard InChI is InChI=1S/C3H10O2Si2/c1-2-3-6-5-7-4/h7H,2-3,6H2,1H3. The van der Waals surface area contributed by atoms with Crippen LogP contribution in [0.5, 0.6) is 0 Å². The molecule has 0 fully saturated rings. The zero-order chi connectivity index (χ0) is 5.54. The Labute approximate surface area is 48.2 Å². The van der Waals surface area contributed by atoms with Crippen molar-refractivity contribution in [1.82, 2.24) is 0 Å². The highest BCUT2D eigenvalue weighted by molar-refractivity contribution is 6.35. The molecule has 0 heterocycles. The molecule has 0 aliphatic heterocycles. The lowest BCUT2D eigenvalue weighted by Gasteiger charge is -1.90. The monoisotopic (exact) mass is 134 g/mol. The molecule has 0 N–H and O–H groups in total. The lowest BCUT2D eigenvalue weighted by atomic mass is 10.6. The van der Waals surface area contributed by atoms with Gasteiger partial charge in [-0.15, -0.1) is 0 Å². The predicted molar refractivity (Wildman–Crippen MR) is 32.6 cm³/mol. The topological polar surface area (TPSA) is 26.3 Å². The first-order valence-electron chi connectivity index (χ1n) is 2.47. The molecule has 7 heavy (non-hydrogen) atoms. The Balaban J connectivity index is 2.56. The van der Waals surface area contributed by atoms with Gasteiger partial charge in [0.25, 0.3) is 0 Å². The number of hydrogen-bond donors (Lipinski definition) is 0. The van der Waals surface area contributed by atoms with Crippen LogP contribution in [0.15, 0.2) is 0 Å². The summed E-state index contributed by atoms with van der Waals surface area (Å²) in [6, 6.07) is 1.16. The zero-order valence-electron chi connectivity index (χ0n) is 4.52. The van der Waals surface area contributed by atoms with Crippen LogP contribution < -0.4 is 0 Å². The molecule has 2 nitrogen and oxygen atoms in total. The minimum atomic E-state index is -0.908. The zero-order valence-corrected chi connectivity index (χ0v) is 7.08. The molecule has 4 heteroatoms. The van der Waals surface area contributed by atoms with Crippen LogP contribution in [0, 0.1) is 0 Å². The van der Waals surface area contributed by atoms with Crippen molar-refractivity contribution in [2.24, 2.45) is 0 Å². The van der Waals surface area contributed by atoms with Gasteiger partial charge in [0.05, 0.1) is 0 Å². The number of hydrogen-bond acceptors (Lipinski definition) is 2. The van der Waals surface area contributed by atoms with Crippen LogP contribution in [0.2, 0.25) is 6.04 Å². The highest BCUT2D eigenvalue weighted by Gasteiger charge is 1.81. The van der Waals surface area contributed by atoms with E-state index in [2.05, 4.69) is 6.92 Å². The van der Waals surface area contributed by atoms with E-state index in [0.29, 0.717) is 0 Å². The Kier molecular flexibility index (Phi) is 6.06. The Morgan fingerprint density at radius 2 is 2.57 bits per heavy atom. The second-order valence-electron chi connectivity index (χ2n) is 1.32. The van der Waals surface area contributed by atoms with Crippen LogP contribution in [0.3, 0.4) is 0 Å². The lowest BCUT2D eigenvalue weighted by Crippen LogP contribution is -1.94. The van der Waals surface area contributed by atoms with E-state index in [9.17, 15) is 4.46 Å². The third-order valence-corrected chi connectivity index (χ3v) is 3.17. The lowest BCUT2D eigenvalue weighted by molar-refractivity contribution is 0.494. The van der Waals surface area contributed by atoms with Gasteiger partial charge >= 0.3 is 9.65 Å². The Hall–Kier alpha value is 0.0338. The van der Waals surface area contributed by atoms with Gasteiger partial charge in [0.15, 0.2) is 0 Å². The van der Waals surface area contributed by atoms with E-state index in [0.717, 1.165) is 6.04 Å². The second-order valence-corrected chi connectivity index (χ2v) is 3.96. The summed E-state index contributed by atoms with van der Waals surface area (Å²) < 4.78 is 14.4. The van der Waals surface area contributed by atoms with E-state index in [1.54, 1.807) is 0 Å². The number of rotatable bonds is 4. The van der Waals surface area contributed by atoms with E-state index in [4.69, 9.17) is 4.12 Å². The summed E-state index contributed by atoms with van der Waals surface area (Å²) >= 11 is 0. The van der Waals surface area contributed by atoms with E-state index < -0.39 is 9.65 Å².